The Bertz CT molecular complexity index is 476. The van der Waals surface area contributed by atoms with Crippen molar-refractivity contribution in [1.29, 1.82) is 0 Å². The van der Waals surface area contributed by atoms with Crippen molar-refractivity contribution in [1.82, 2.24) is 4.98 Å². The molecular formula is C13H13BrN2O. The molecule has 3 nitrogen and oxygen atoms in total. The molecule has 1 aromatic carbocycles. The second kappa shape index (κ2) is 5.80. The van der Waals surface area contributed by atoms with Gasteiger partial charge in [-0.3, -0.25) is 4.98 Å². The maximum atomic E-state index is 9.96. The normalized spacial score (nSPS) is 12.1. The second-order valence-corrected chi connectivity index (χ2v) is 4.61. The molecule has 2 N–H and O–H groups in total. The summed E-state index contributed by atoms with van der Waals surface area (Å²) in [6.07, 6.45) is 2.93. The predicted molar refractivity (Wildman–Crippen MR) is 71.8 cm³/mol. The molecule has 0 spiro atoms. The number of hydrogen-bond acceptors (Lipinski definition) is 3. The minimum absolute atomic E-state index is 0.460. The number of aliphatic hydroxyl groups is 1. The lowest BCUT2D eigenvalue weighted by Crippen LogP contribution is -2.12. The predicted octanol–water partition coefficient (Wildman–Crippen LogP) is 2.99. The lowest BCUT2D eigenvalue weighted by atomic mass is 10.1. The van der Waals surface area contributed by atoms with Crippen molar-refractivity contribution in [3.63, 3.8) is 0 Å². The third-order valence-electron chi connectivity index (χ3n) is 2.39. The fraction of sp³-hybridized carbons (Fsp3) is 0.154. The quantitative estimate of drug-likeness (QED) is 0.911. The van der Waals surface area contributed by atoms with Crippen molar-refractivity contribution < 1.29 is 5.11 Å². The topological polar surface area (TPSA) is 45.1 Å². The standard InChI is InChI=1S/C13H13BrN2O/c14-11-6-12(8-15-7-11)16-9-13(17)10-4-2-1-3-5-10/h1-8,13,16-17H,9H2. The minimum Gasteiger partial charge on any atom is -0.387 e. The molecule has 0 saturated heterocycles. The summed E-state index contributed by atoms with van der Waals surface area (Å²) in [4.78, 5) is 4.04. The van der Waals surface area contributed by atoms with E-state index >= 15 is 0 Å². The maximum absolute atomic E-state index is 9.96. The lowest BCUT2D eigenvalue weighted by Gasteiger charge is -2.12. The van der Waals surface area contributed by atoms with Crippen LogP contribution in [-0.2, 0) is 0 Å². The monoisotopic (exact) mass is 292 g/mol. The van der Waals surface area contributed by atoms with E-state index in [1.54, 1.807) is 12.4 Å². The first-order valence-corrected chi connectivity index (χ1v) is 6.12. The summed E-state index contributed by atoms with van der Waals surface area (Å²) in [6.45, 7) is 0.460. The summed E-state index contributed by atoms with van der Waals surface area (Å²) in [5, 5.41) is 13.1. The third kappa shape index (κ3) is 3.54. The number of aliphatic hydroxyl groups excluding tert-OH is 1. The van der Waals surface area contributed by atoms with Gasteiger partial charge < -0.3 is 10.4 Å². The Morgan fingerprint density at radius 2 is 2.00 bits per heavy atom. The van der Waals surface area contributed by atoms with Gasteiger partial charge in [-0.05, 0) is 27.6 Å². The summed E-state index contributed by atoms with van der Waals surface area (Å²) in [5.74, 6) is 0. The van der Waals surface area contributed by atoms with Crippen LogP contribution in [0.15, 0.2) is 53.3 Å². The molecular weight excluding hydrogens is 280 g/mol. The van der Waals surface area contributed by atoms with E-state index in [-0.39, 0.29) is 0 Å². The zero-order valence-corrected chi connectivity index (χ0v) is 10.8. The van der Waals surface area contributed by atoms with Crippen molar-refractivity contribution >= 4 is 21.6 Å². The average molecular weight is 293 g/mol. The molecule has 2 rings (SSSR count). The van der Waals surface area contributed by atoms with Gasteiger partial charge >= 0.3 is 0 Å². The van der Waals surface area contributed by atoms with E-state index in [0.29, 0.717) is 6.54 Å². The van der Waals surface area contributed by atoms with Gasteiger partial charge in [0.15, 0.2) is 0 Å². The summed E-state index contributed by atoms with van der Waals surface area (Å²) < 4.78 is 0.914. The molecule has 88 valence electrons. The highest BCUT2D eigenvalue weighted by molar-refractivity contribution is 9.10. The Balaban J connectivity index is 1.95. The highest BCUT2D eigenvalue weighted by Crippen LogP contribution is 2.16. The smallest absolute Gasteiger partial charge is 0.0962 e. The van der Waals surface area contributed by atoms with Gasteiger partial charge in [0.05, 0.1) is 18.0 Å². The van der Waals surface area contributed by atoms with Gasteiger partial charge in [-0.25, -0.2) is 0 Å². The first-order chi connectivity index (χ1) is 8.25. The van der Waals surface area contributed by atoms with Crippen LogP contribution in [0.3, 0.4) is 0 Å². The molecule has 0 saturated carbocycles. The molecule has 0 fully saturated rings. The van der Waals surface area contributed by atoms with Crippen molar-refractivity contribution in [3.05, 3.63) is 58.8 Å². The van der Waals surface area contributed by atoms with Gasteiger partial charge in [0.1, 0.15) is 0 Å². The molecule has 1 heterocycles. The third-order valence-corrected chi connectivity index (χ3v) is 2.82. The van der Waals surface area contributed by atoms with Gasteiger partial charge in [0.25, 0.3) is 0 Å². The summed E-state index contributed by atoms with van der Waals surface area (Å²) >= 11 is 3.35. The summed E-state index contributed by atoms with van der Waals surface area (Å²) in [5.41, 5.74) is 1.79. The Kier molecular flexibility index (Phi) is 4.12. The van der Waals surface area contributed by atoms with E-state index in [9.17, 15) is 5.11 Å². The van der Waals surface area contributed by atoms with Crippen LogP contribution in [0.2, 0.25) is 0 Å². The van der Waals surface area contributed by atoms with Crippen molar-refractivity contribution in [2.75, 3.05) is 11.9 Å². The van der Waals surface area contributed by atoms with E-state index in [0.717, 1.165) is 15.7 Å². The number of aromatic nitrogens is 1. The first kappa shape index (κ1) is 12.1. The zero-order valence-electron chi connectivity index (χ0n) is 9.18. The molecule has 4 heteroatoms. The van der Waals surface area contributed by atoms with Crippen LogP contribution in [0.4, 0.5) is 5.69 Å². The molecule has 2 aromatic rings. The van der Waals surface area contributed by atoms with Crippen molar-refractivity contribution in [3.8, 4) is 0 Å². The molecule has 17 heavy (non-hydrogen) atoms. The fourth-order valence-corrected chi connectivity index (χ4v) is 1.88. The molecule has 1 atom stereocenters. The molecule has 0 amide bonds. The van der Waals surface area contributed by atoms with Gasteiger partial charge in [0, 0.05) is 17.2 Å². The van der Waals surface area contributed by atoms with E-state index in [1.807, 2.05) is 36.4 Å². The van der Waals surface area contributed by atoms with Crippen LogP contribution in [0, 0.1) is 0 Å². The molecule has 1 unspecified atom stereocenters. The number of hydrogen-bond donors (Lipinski definition) is 2. The second-order valence-electron chi connectivity index (χ2n) is 3.70. The highest BCUT2D eigenvalue weighted by atomic mass is 79.9. The Labute approximate surface area is 109 Å². The zero-order chi connectivity index (χ0) is 12.1. The summed E-state index contributed by atoms with van der Waals surface area (Å²) in [6, 6.07) is 11.5. The fourth-order valence-electron chi connectivity index (χ4n) is 1.52. The Hall–Kier alpha value is -1.39. The van der Waals surface area contributed by atoms with Crippen LogP contribution in [0.25, 0.3) is 0 Å². The average Bonchev–Trinajstić information content (AvgIpc) is 2.37. The molecule has 1 aromatic heterocycles. The van der Waals surface area contributed by atoms with E-state index in [4.69, 9.17) is 0 Å². The van der Waals surface area contributed by atoms with Gasteiger partial charge in [0.2, 0.25) is 0 Å². The number of nitrogens with zero attached hydrogens (tertiary/aromatic N) is 1. The van der Waals surface area contributed by atoms with E-state index in [2.05, 4.69) is 26.2 Å². The minimum atomic E-state index is -0.518. The van der Waals surface area contributed by atoms with E-state index in [1.165, 1.54) is 0 Å². The largest absolute Gasteiger partial charge is 0.387 e. The number of anilines is 1. The van der Waals surface area contributed by atoms with Crippen LogP contribution in [0.1, 0.15) is 11.7 Å². The molecule has 0 bridgehead atoms. The number of rotatable bonds is 4. The number of pyridine rings is 1. The Morgan fingerprint density at radius 1 is 1.24 bits per heavy atom. The van der Waals surface area contributed by atoms with Crippen LogP contribution >= 0.6 is 15.9 Å². The maximum Gasteiger partial charge on any atom is 0.0962 e. The number of benzene rings is 1. The van der Waals surface area contributed by atoms with Crippen LogP contribution < -0.4 is 5.32 Å². The van der Waals surface area contributed by atoms with Crippen LogP contribution in [0.5, 0.6) is 0 Å². The Morgan fingerprint density at radius 3 is 2.71 bits per heavy atom. The SMILES string of the molecule is OC(CNc1cncc(Br)c1)c1ccccc1. The molecule has 0 aliphatic heterocycles. The summed E-state index contributed by atoms with van der Waals surface area (Å²) in [7, 11) is 0. The van der Waals surface area contributed by atoms with Gasteiger partial charge in [-0.2, -0.15) is 0 Å². The molecule has 0 aliphatic carbocycles. The molecule has 0 radical (unpaired) electrons. The van der Waals surface area contributed by atoms with E-state index < -0.39 is 6.10 Å². The number of halogens is 1. The highest BCUT2D eigenvalue weighted by Gasteiger charge is 2.06. The van der Waals surface area contributed by atoms with Gasteiger partial charge in [-0.15, -0.1) is 0 Å². The molecule has 0 aliphatic rings. The lowest BCUT2D eigenvalue weighted by molar-refractivity contribution is 0.191. The van der Waals surface area contributed by atoms with Crippen molar-refractivity contribution in [2.45, 2.75) is 6.10 Å². The van der Waals surface area contributed by atoms with Crippen LogP contribution in [-0.4, -0.2) is 16.6 Å². The van der Waals surface area contributed by atoms with Gasteiger partial charge in [-0.1, -0.05) is 30.3 Å². The number of nitrogens with one attached hydrogen (secondary N) is 1. The van der Waals surface area contributed by atoms with Crippen molar-refractivity contribution in [2.24, 2.45) is 0 Å². The first-order valence-electron chi connectivity index (χ1n) is 5.33.